The first-order valence-electron chi connectivity index (χ1n) is 5.92. The van der Waals surface area contributed by atoms with Crippen molar-refractivity contribution in [2.45, 2.75) is 32.1 Å². The number of hydrogen-bond acceptors (Lipinski definition) is 3. The molecular formula is C13H13ClN2S. The average molecular weight is 265 g/mol. The summed E-state index contributed by atoms with van der Waals surface area (Å²) in [7, 11) is 0. The Bertz CT molecular complexity index is 522. The lowest BCUT2D eigenvalue weighted by Gasteiger charge is -2.08. The van der Waals surface area contributed by atoms with Gasteiger partial charge < -0.3 is 0 Å². The van der Waals surface area contributed by atoms with Gasteiger partial charge in [-0.2, -0.15) is 11.3 Å². The molecule has 0 saturated carbocycles. The summed E-state index contributed by atoms with van der Waals surface area (Å²) in [5.74, 6) is 0.775. The van der Waals surface area contributed by atoms with Gasteiger partial charge in [-0.05, 0) is 37.1 Å². The third kappa shape index (κ3) is 2.22. The Kier molecular flexibility index (Phi) is 3.12. The quantitative estimate of drug-likeness (QED) is 0.572. The summed E-state index contributed by atoms with van der Waals surface area (Å²) in [6.07, 6.45) is 5.74. The monoisotopic (exact) mass is 264 g/mol. The standard InChI is InChI=1S/C13H13ClN2S/c14-12-10-4-2-1-3-5-11(10)15-13(16-12)9-6-7-17-8-9/h6-8H,1-5H2. The molecule has 3 rings (SSSR count). The first kappa shape index (κ1) is 11.2. The molecular weight excluding hydrogens is 252 g/mol. The van der Waals surface area contributed by atoms with Crippen LogP contribution in [-0.2, 0) is 12.8 Å². The molecule has 2 aromatic rings. The summed E-state index contributed by atoms with van der Waals surface area (Å²) in [6, 6.07) is 2.04. The zero-order valence-electron chi connectivity index (χ0n) is 9.45. The second kappa shape index (κ2) is 4.75. The van der Waals surface area contributed by atoms with E-state index >= 15 is 0 Å². The van der Waals surface area contributed by atoms with Crippen molar-refractivity contribution < 1.29 is 0 Å². The summed E-state index contributed by atoms with van der Waals surface area (Å²) in [5, 5.41) is 4.76. The molecule has 0 saturated heterocycles. The van der Waals surface area contributed by atoms with Crippen LogP contribution in [0.2, 0.25) is 5.15 Å². The predicted octanol–water partition coefficient (Wildman–Crippen LogP) is 4.13. The zero-order valence-corrected chi connectivity index (χ0v) is 11.0. The number of nitrogens with zero attached hydrogens (tertiary/aromatic N) is 2. The second-order valence-electron chi connectivity index (χ2n) is 4.34. The van der Waals surface area contributed by atoms with E-state index in [1.807, 2.05) is 11.4 Å². The van der Waals surface area contributed by atoms with E-state index in [1.54, 1.807) is 11.3 Å². The van der Waals surface area contributed by atoms with Crippen LogP contribution >= 0.6 is 22.9 Å². The molecule has 2 aromatic heterocycles. The largest absolute Gasteiger partial charge is 0.233 e. The maximum atomic E-state index is 6.29. The molecule has 0 bridgehead atoms. The lowest BCUT2D eigenvalue weighted by atomic mass is 10.1. The lowest BCUT2D eigenvalue weighted by molar-refractivity contribution is 0.709. The van der Waals surface area contributed by atoms with Crippen molar-refractivity contribution in [3.8, 4) is 11.4 Å². The first-order valence-corrected chi connectivity index (χ1v) is 7.24. The van der Waals surface area contributed by atoms with Crippen molar-refractivity contribution in [3.63, 3.8) is 0 Å². The van der Waals surface area contributed by atoms with Crippen LogP contribution in [0.3, 0.4) is 0 Å². The van der Waals surface area contributed by atoms with Gasteiger partial charge in [0.2, 0.25) is 0 Å². The van der Waals surface area contributed by atoms with E-state index in [2.05, 4.69) is 15.3 Å². The van der Waals surface area contributed by atoms with E-state index in [1.165, 1.54) is 24.8 Å². The summed E-state index contributed by atoms with van der Waals surface area (Å²) in [6.45, 7) is 0. The highest BCUT2D eigenvalue weighted by Crippen LogP contribution is 2.28. The van der Waals surface area contributed by atoms with Crippen LogP contribution < -0.4 is 0 Å². The molecule has 0 atom stereocenters. The average Bonchev–Trinajstić information content (AvgIpc) is 2.75. The third-order valence-electron chi connectivity index (χ3n) is 3.16. The van der Waals surface area contributed by atoms with Crippen LogP contribution in [0.5, 0.6) is 0 Å². The van der Waals surface area contributed by atoms with Crippen LogP contribution in [0.4, 0.5) is 0 Å². The van der Waals surface area contributed by atoms with E-state index < -0.39 is 0 Å². The Balaban J connectivity index is 2.09. The second-order valence-corrected chi connectivity index (χ2v) is 5.47. The van der Waals surface area contributed by atoms with Crippen molar-refractivity contribution in [2.75, 3.05) is 0 Å². The Hall–Kier alpha value is -0.930. The highest BCUT2D eigenvalue weighted by Gasteiger charge is 2.16. The van der Waals surface area contributed by atoms with Crippen molar-refractivity contribution in [3.05, 3.63) is 33.2 Å². The Morgan fingerprint density at radius 2 is 2.00 bits per heavy atom. The molecule has 2 nitrogen and oxygen atoms in total. The summed E-state index contributed by atoms with van der Waals surface area (Å²) >= 11 is 7.95. The van der Waals surface area contributed by atoms with E-state index in [0.717, 1.165) is 29.9 Å². The molecule has 2 heterocycles. The molecule has 4 heteroatoms. The normalized spacial score (nSPS) is 15.4. The Morgan fingerprint density at radius 1 is 1.12 bits per heavy atom. The smallest absolute Gasteiger partial charge is 0.161 e. The van der Waals surface area contributed by atoms with Gasteiger partial charge in [0, 0.05) is 22.2 Å². The van der Waals surface area contributed by atoms with E-state index in [4.69, 9.17) is 11.6 Å². The van der Waals surface area contributed by atoms with Crippen molar-refractivity contribution in [1.29, 1.82) is 0 Å². The molecule has 1 aliphatic rings. The number of rotatable bonds is 1. The molecule has 0 spiro atoms. The van der Waals surface area contributed by atoms with Gasteiger partial charge in [0.25, 0.3) is 0 Å². The first-order chi connectivity index (χ1) is 8.34. The summed E-state index contributed by atoms with van der Waals surface area (Å²) in [5.41, 5.74) is 3.40. The summed E-state index contributed by atoms with van der Waals surface area (Å²) in [4.78, 5) is 9.12. The molecule has 0 fully saturated rings. The minimum atomic E-state index is 0.651. The van der Waals surface area contributed by atoms with Gasteiger partial charge in [-0.3, -0.25) is 0 Å². The molecule has 0 radical (unpaired) electrons. The van der Waals surface area contributed by atoms with Gasteiger partial charge in [-0.1, -0.05) is 18.0 Å². The zero-order chi connectivity index (χ0) is 11.7. The van der Waals surface area contributed by atoms with Gasteiger partial charge >= 0.3 is 0 Å². The van der Waals surface area contributed by atoms with Crippen molar-refractivity contribution >= 4 is 22.9 Å². The van der Waals surface area contributed by atoms with Gasteiger partial charge in [-0.15, -0.1) is 0 Å². The molecule has 88 valence electrons. The maximum absolute atomic E-state index is 6.29. The SMILES string of the molecule is Clc1nc(-c2ccsc2)nc2c1CCCCC2. The van der Waals surface area contributed by atoms with Gasteiger partial charge in [-0.25, -0.2) is 9.97 Å². The minimum absolute atomic E-state index is 0.651. The van der Waals surface area contributed by atoms with E-state index in [-0.39, 0.29) is 0 Å². The van der Waals surface area contributed by atoms with Crippen LogP contribution in [0.1, 0.15) is 30.5 Å². The Morgan fingerprint density at radius 3 is 2.82 bits per heavy atom. The van der Waals surface area contributed by atoms with E-state index in [9.17, 15) is 0 Å². The third-order valence-corrected chi connectivity index (χ3v) is 4.16. The van der Waals surface area contributed by atoms with Gasteiger partial charge in [0.15, 0.2) is 5.82 Å². The molecule has 17 heavy (non-hydrogen) atoms. The highest BCUT2D eigenvalue weighted by molar-refractivity contribution is 7.08. The number of aryl methyl sites for hydroxylation is 1. The molecule has 0 aromatic carbocycles. The number of hydrogen-bond donors (Lipinski definition) is 0. The fourth-order valence-corrected chi connectivity index (χ4v) is 3.16. The van der Waals surface area contributed by atoms with Crippen molar-refractivity contribution in [1.82, 2.24) is 9.97 Å². The highest BCUT2D eigenvalue weighted by atomic mass is 35.5. The van der Waals surface area contributed by atoms with Crippen LogP contribution in [0, 0.1) is 0 Å². The number of fused-ring (bicyclic) bond motifs is 1. The number of aromatic nitrogens is 2. The number of thiophene rings is 1. The van der Waals surface area contributed by atoms with Gasteiger partial charge in [0.05, 0.1) is 0 Å². The molecule has 0 aliphatic heterocycles. The van der Waals surface area contributed by atoms with Crippen LogP contribution in [0.15, 0.2) is 16.8 Å². The predicted molar refractivity (Wildman–Crippen MR) is 71.6 cm³/mol. The molecule has 0 N–H and O–H groups in total. The molecule has 0 unspecified atom stereocenters. The minimum Gasteiger partial charge on any atom is -0.233 e. The summed E-state index contributed by atoms with van der Waals surface area (Å²) < 4.78 is 0. The molecule has 1 aliphatic carbocycles. The Labute approximate surface area is 110 Å². The number of halogens is 1. The van der Waals surface area contributed by atoms with Crippen LogP contribution in [0.25, 0.3) is 11.4 Å². The topological polar surface area (TPSA) is 25.8 Å². The van der Waals surface area contributed by atoms with Gasteiger partial charge in [0.1, 0.15) is 5.15 Å². The molecule has 0 amide bonds. The maximum Gasteiger partial charge on any atom is 0.161 e. The lowest BCUT2D eigenvalue weighted by Crippen LogP contribution is -2.01. The van der Waals surface area contributed by atoms with Crippen LogP contribution in [-0.4, -0.2) is 9.97 Å². The van der Waals surface area contributed by atoms with Crippen molar-refractivity contribution in [2.24, 2.45) is 0 Å². The fourth-order valence-electron chi connectivity index (χ4n) is 2.25. The fraction of sp³-hybridized carbons (Fsp3) is 0.385. The van der Waals surface area contributed by atoms with E-state index in [0.29, 0.717) is 5.15 Å².